The van der Waals surface area contributed by atoms with Crippen molar-refractivity contribution in [2.45, 2.75) is 44.7 Å². The summed E-state index contributed by atoms with van der Waals surface area (Å²) in [5.74, 6) is -0.0189. The Morgan fingerprint density at radius 1 is 1.54 bits per heavy atom. The Bertz CT molecular complexity index is 190. The van der Waals surface area contributed by atoms with Gasteiger partial charge in [0.2, 0.25) is 0 Å². The Labute approximate surface area is 77.5 Å². The number of rotatable bonds is 1. The zero-order valence-corrected chi connectivity index (χ0v) is 7.68. The first-order valence-corrected chi connectivity index (χ1v) is 4.53. The molecule has 76 valence electrons. The van der Waals surface area contributed by atoms with Crippen molar-refractivity contribution >= 4 is 0 Å². The highest BCUT2D eigenvalue weighted by molar-refractivity contribution is 4.98. The molecule has 4 heteroatoms. The fourth-order valence-corrected chi connectivity index (χ4v) is 1.40. The van der Waals surface area contributed by atoms with E-state index in [1.54, 1.807) is 0 Å². The van der Waals surface area contributed by atoms with E-state index in [1.165, 1.54) is 6.08 Å². The molecule has 0 aliphatic carbocycles. The van der Waals surface area contributed by atoms with Gasteiger partial charge < -0.3 is 20.1 Å². The Morgan fingerprint density at radius 2 is 2.23 bits per heavy atom. The summed E-state index contributed by atoms with van der Waals surface area (Å²) in [4.78, 5) is 0. The molecule has 0 spiro atoms. The Hall–Kier alpha value is -0.580. The second-order valence-corrected chi connectivity index (χ2v) is 3.29. The maximum atomic E-state index is 9.37. The van der Waals surface area contributed by atoms with Crippen molar-refractivity contribution in [3.05, 3.63) is 11.8 Å². The van der Waals surface area contributed by atoms with Crippen LogP contribution in [0.3, 0.4) is 0 Å². The van der Waals surface area contributed by atoms with Crippen molar-refractivity contribution in [2.75, 3.05) is 0 Å². The van der Waals surface area contributed by atoms with E-state index in [-0.39, 0.29) is 18.3 Å². The minimum atomic E-state index is -0.964. The SMILES string of the molecule is CCC1CC(O)/C=C(/O)CC(O)O1. The van der Waals surface area contributed by atoms with Crippen LogP contribution in [0.15, 0.2) is 11.8 Å². The average molecular weight is 188 g/mol. The molecule has 0 fully saturated rings. The topological polar surface area (TPSA) is 69.9 Å². The fourth-order valence-electron chi connectivity index (χ4n) is 1.40. The quantitative estimate of drug-likeness (QED) is 0.566. The third kappa shape index (κ3) is 3.34. The Balaban J connectivity index is 2.63. The van der Waals surface area contributed by atoms with Gasteiger partial charge in [-0.3, -0.25) is 0 Å². The van der Waals surface area contributed by atoms with Crippen LogP contribution in [0, 0.1) is 0 Å². The largest absolute Gasteiger partial charge is 0.512 e. The molecule has 0 aromatic heterocycles. The van der Waals surface area contributed by atoms with E-state index in [1.807, 2.05) is 6.92 Å². The van der Waals surface area contributed by atoms with Gasteiger partial charge in [0.25, 0.3) is 0 Å². The molecule has 4 nitrogen and oxygen atoms in total. The molecule has 13 heavy (non-hydrogen) atoms. The molecule has 1 aliphatic rings. The predicted octanol–water partition coefficient (Wildman–Crippen LogP) is 0.697. The van der Waals surface area contributed by atoms with Crippen LogP contribution >= 0.6 is 0 Å². The van der Waals surface area contributed by atoms with E-state index < -0.39 is 12.4 Å². The van der Waals surface area contributed by atoms with E-state index in [4.69, 9.17) is 4.74 Å². The molecular weight excluding hydrogens is 172 g/mol. The summed E-state index contributed by atoms with van der Waals surface area (Å²) in [5, 5.41) is 27.8. The molecule has 0 saturated carbocycles. The van der Waals surface area contributed by atoms with E-state index in [9.17, 15) is 15.3 Å². The molecule has 0 amide bonds. The van der Waals surface area contributed by atoms with Gasteiger partial charge in [-0.1, -0.05) is 6.92 Å². The van der Waals surface area contributed by atoms with Gasteiger partial charge in [0.05, 0.1) is 24.4 Å². The summed E-state index contributed by atoms with van der Waals surface area (Å²) in [6, 6.07) is 0. The number of aliphatic hydroxyl groups is 3. The van der Waals surface area contributed by atoms with Crippen LogP contribution in [-0.4, -0.2) is 33.8 Å². The van der Waals surface area contributed by atoms with Crippen molar-refractivity contribution < 1.29 is 20.1 Å². The Morgan fingerprint density at radius 3 is 2.85 bits per heavy atom. The van der Waals surface area contributed by atoms with Crippen LogP contribution in [0.5, 0.6) is 0 Å². The molecule has 0 radical (unpaired) electrons. The highest BCUT2D eigenvalue weighted by atomic mass is 16.6. The molecule has 1 heterocycles. The van der Waals surface area contributed by atoms with Crippen molar-refractivity contribution in [1.82, 2.24) is 0 Å². The van der Waals surface area contributed by atoms with E-state index in [2.05, 4.69) is 0 Å². The second-order valence-electron chi connectivity index (χ2n) is 3.29. The van der Waals surface area contributed by atoms with Crippen LogP contribution in [-0.2, 0) is 4.74 Å². The molecule has 3 atom stereocenters. The monoisotopic (exact) mass is 188 g/mol. The summed E-state index contributed by atoms with van der Waals surface area (Å²) in [7, 11) is 0. The van der Waals surface area contributed by atoms with Gasteiger partial charge in [-0.15, -0.1) is 0 Å². The standard InChI is InChI=1S/C9H16O4/c1-2-8-4-6(10)3-7(11)5-9(12)13-8/h3,6,8-12H,2,4-5H2,1H3/b7-3+. The van der Waals surface area contributed by atoms with Gasteiger partial charge >= 0.3 is 0 Å². The van der Waals surface area contributed by atoms with E-state index >= 15 is 0 Å². The molecule has 3 N–H and O–H groups in total. The molecular formula is C9H16O4. The minimum Gasteiger partial charge on any atom is -0.512 e. The lowest BCUT2D eigenvalue weighted by molar-refractivity contribution is -0.147. The summed E-state index contributed by atoms with van der Waals surface area (Å²) in [6.45, 7) is 1.93. The lowest BCUT2D eigenvalue weighted by atomic mass is 10.1. The normalized spacial score (nSPS) is 40.2. The number of ether oxygens (including phenoxy) is 1. The first-order chi connectivity index (χ1) is 6.11. The number of hydrogen-bond acceptors (Lipinski definition) is 4. The summed E-state index contributed by atoms with van der Waals surface area (Å²) >= 11 is 0. The van der Waals surface area contributed by atoms with Crippen LogP contribution < -0.4 is 0 Å². The lowest BCUT2D eigenvalue weighted by Crippen LogP contribution is -2.28. The minimum absolute atomic E-state index is 0.0189. The summed E-state index contributed by atoms with van der Waals surface area (Å²) < 4.78 is 5.18. The highest BCUT2D eigenvalue weighted by Crippen LogP contribution is 2.17. The average Bonchev–Trinajstić information content (AvgIpc) is 1.99. The molecule has 0 aromatic carbocycles. The first-order valence-electron chi connectivity index (χ1n) is 4.53. The maximum absolute atomic E-state index is 9.37. The van der Waals surface area contributed by atoms with Crippen LogP contribution in [0.1, 0.15) is 26.2 Å². The zero-order valence-electron chi connectivity index (χ0n) is 7.68. The molecule has 3 unspecified atom stereocenters. The number of aliphatic hydroxyl groups excluding tert-OH is 3. The smallest absolute Gasteiger partial charge is 0.161 e. The maximum Gasteiger partial charge on any atom is 0.161 e. The van der Waals surface area contributed by atoms with Gasteiger partial charge in [0.15, 0.2) is 6.29 Å². The second kappa shape index (κ2) is 4.60. The van der Waals surface area contributed by atoms with Gasteiger partial charge in [0, 0.05) is 6.42 Å². The van der Waals surface area contributed by atoms with Gasteiger partial charge in [-0.2, -0.15) is 0 Å². The van der Waals surface area contributed by atoms with E-state index in [0.717, 1.165) is 6.42 Å². The molecule has 0 saturated heterocycles. The van der Waals surface area contributed by atoms with Crippen molar-refractivity contribution in [2.24, 2.45) is 0 Å². The fraction of sp³-hybridized carbons (Fsp3) is 0.778. The predicted molar refractivity (Wildman–Crippen MR) is 47.1 cm³/mol. The Kier molecular flexibility index (Phi) is 3.71. The van der Waals surface area contributed by atoms with Crippen LogP contribution in [0.2, 0.25) is 0 Å². The van der Waals surface area contributed by atoms with Gasteiger partial charge in [0.1, 0.15) is 0 Å². The molecule has 0 bridgehead atoms. The van der Waals surface area contributed by atoms with Gasteiger partial charge in [-0.25, -0.2) is 0 Å². The van der Waals surface area contributed by atoms with Crippen molar-refractivity contribution in [3.63, 3.8) is 0 Å². The van der Waals surface area contributed by atoms with Crippen molar-refractivity contribution in [1.29, 1.82) is 0 Å². The van der Waals surface area contributed by atoms with Gasteiger partial charge in [-0.05, 0) is 12.5 Å². The first kappa shape index (κ1) is 10.5. The lowest BCUT2D eigenvalue weighted by Gasteiger charge is -2.24. The third-order valence-electron chi connectivity index (χ3n) is 2.08. The molecule has 1 aliphatic heterocycles. The van der Waals surface area contributed by atoms with E-state index in [0.29, 0.717) is 6.42 Å². The van der Waals surface area contributed by atoms with Crippen LogP contribution in [0.25, 0.3) is 0 Å². The molecule has 1 rings (SSSR count). The summed E-state index contributed by atoms with van der Waals surface area (Å²) in [5.41, 5.74) is 0. The highest BCUT2D eigenvalue weighted by Gasteiger charge is 2.20. The van der Waals surface area contributed by atoms with Crippen LogP contribution in [0.4, 0.5) is 0 Å². The van der Waals surface area contributed by atoms with Crippen molar-refractivity contribution in [3.8, 4) is 0 Å². The zero-order chi connectivity index (χ0) is 9.84. The third-order valence-corrected chi connectivity index (χ3v) is 2.08. The molecule has 0 aromatic rings. The summed E-state index contributed by atoms with van der Waals surface area (Å²) in [6.07, 6.45) is 0.767. The number of hydrogen-bond donors (Lipinski definition) is 3.